The van der Waals surface area contributed by atoms with E-state index in [-0.39, 0.29) is 17.7 Å². The first kappa shape index (κ1) is 12.7. The van der Waals surface area contributed by atoms with Gasteiger partial charge in [0.25, 0.3) is 0 Å². The molecule has 2 fully saturated rings. The van der Waals surface area contributed by atoms with Gasteiger partial charge in [0, 0.05) is 19.5 Å². The maximum Gasteiger partial charge on any atom is 0.224 e. The number of carbonyl (C=O) groups is 2. The van der Waals surface area contributed by atoms with E-state index in [4.69, 9.17) is 0 Å². The van der Waals surface area contributed by atoms with E-state index in [0.717, 1.165) is 6.54 Å². The zero-order chi connectivity index (χ0) is 12.1. The van der Waals surface area contributed by atoms with Crippen molar-refractivity contribution in [3.63, 3.8) is 0 Å². The molecule has 0 saturated carbocycles. The predicted octanol–water partition coefficient (Wildman–Crippen LogP) is 0.772. The molecule has 2 rings (SSSR count). The highest BCUT2D eigenvalue weighted by molar-refractivity contribution is 7.99. The molecule has 1 atom stereocenters. The van der Waals surface area contributed by atoms with E-state index < -0.39 is 0 Å². The normalized spacial score (nSPS) is 26.4. The van der Waals surface area contributed by atoms with Crippen molar-refractivity contribution in [3.8, 4) is 0 Å². The minimum Gasteiger partial charge on any atom is -0.356 e. The Bertz CT molecular complexity index is 280. The zero-order valence-electron chi connectivity index (χ0n) is 10.0. The molecule has 2 amide bonds. The summed E-state index contributed by atoms with van der Waals surface area (Å²) in [5.41, 5.74) is 0. The van der Waals surface area contributed by atoms with E-state index in [1.165, 1.54) is 24.3 Å². The predicted molar refractivity (Wildman–Crippen MR) is 68.8 cm³/mol. The molecule has 5 heteroatoms. The minimum atomic E-state index is -0.0225. The molecule has 0 aromatic carbocycles. The monoisotopic (exact) mass is 256 g/mol. The second-order valence-electron chi connectivity index (χ2n) is 4.84. The summed E-state index contributed by atoms with van der Waals surface area (Å²) in [6.07, 6.45) is 3.61. The van der Waals surface area contributed by atoms with Crippen LogP contribution in [-0.4, -0.2) is 36.4 Å². The molecule has 96 valence electrons. The molecule has 2 N–H and O–H groups in total. The average molecular weight is 256 g/mol. The molecule has 0 bridgehead atoms. The molecule has 2 heterocycles. The van der Waals surface area contributed by atoms with Crippen LogP contribution in [0.1, 0.15) is 25.7 Å². The van der Waals surface area contributed by atoms with Crippen LogP contribution in [0.25, 0.3) is 0 Å². The van der Waals surface area contributed by atoms with Gasteiger partial charge >= 0.3 is 0 Å². The summed E-state index contributed by atoms with van der Waals surface area (Å²) in [6, 6.07) is 0. The smallest absolute Gasteiger partial charge is 0.224 e. The first-order chi connectivity index (χ1) is 8.25. The van der Waals surface area contributed by atoms with Crippen molar-refractivity contribution in [1.29, 1.82) is 0 Å². The highest BCUT2D eigenvalue weighted by Gasteiger charge is 2.25. The van der Waals surface area contributed by atoms with Crippen LogP contribution in [0.5, 0.6) is 0 Å². The summed E-state index contributed by atoms with van der Waals surface area (Å²) in [5, 5.41) is 5.79. The standard InChI is InChI=1S/C12H20N2O2S/c15-11-2-1-10(8-13-11)12(16)14-7-9-3-5-17-6-4-9/h9-10H,1-8H2,(H,13,15)(H,14,16). The number of carbonyl (C=O) groups excluding carboxylic acids is 2. The zero-order valence-corrected chi connectivity index (χ0v) is 10.9. The summed E-state index contributed by atoms with van der Waals surface area (Å²) in [5.74, 6) is 3.26. The molecule has 1 unspecified atom stereocenters. The Labute approximate surface area is 106 Å². The van der Waals surface area contributed by atoms with Gasteiger partial charge < -0.3 is 10.6 Å². The minimum absolute atomic E-state index is 0.0225. The average Bonchev–Trinajstić information content (AvgIpc) is 2.38. The Morgan fingerprint density at radius 1 is 1.35 bits per heavy atom. The summed E-state index contributed by atoms with van der Waals surface area (Å²) in [6.45, 7) is 1.31. The molecule has 2 aliphatic rings. The van der Waals surface area contributed by atoms with Crippen molar-refractivity contribution in [1.82, 2.24) is 10.6 Å². The number of hydrogen-bond donors (Lipinski definition) is 2. The highest BCUT2D eigenvalue weighted by Crippen LogP contribution is 2.22. The van der Waals surface area contributed by atoms with Crippen molar-refractivity contribution in [3.05, 3.63) is 0 Å². The van der Waals surface area contributed by atoms with Crippen LogP contribution < -0.4 is 10.6 Å². The number of hydrogen-bond acceptors (Lipinski definition) is 3. The van der Waals surface area contributed by atoms with E-state index in [2.05, 4.69) is 10.6 Å². The number of nitrogens with one attached hydrogen (secondary N) is 2. The van der Waals surface area contributed by atoms with Crippen molar-refractivity contribution < 1.29 is 9.59 Å². The third kappa shape index (κ3) is 3.91. The molecule has 0 radical (unpaired) electrons. The van der Waals surface area contributed by atoms with Gasteiger partial charge in [-0.05, 0) is 36.7 Å². The van der Waals surface area contributed by atoms with Crippen LogP contribution in [0.4, 0.5) is 0 Å². The van der Waals surface area contributed by atoms with Crippen LogP contribution in [0.2, 0.25) is 0 Å². The van der Waals surface area contributed by atoms with Crippen molar-refractivity contribution in [2.75, 3.05) is 24.6 Å². The molecule has 0 aliphatic carbocycles. The van der Waals surface area contributed by atoms with Gasteiger partial charge in [0.2, 0.25) is 11.8 Å². The first-order valence-electron chi connectivity index (χ1n) is 6.38. The summed E-state index contributed by atoms with van der Waals surface area (Å²) < 4.78 is 0. The van der Waals surface area contributed by atoms with Crippen LogP contribution in [0, 0.1) is 11.8 Å². The van der Waals surface area contributed by atoms with Crippen LogP contribution >= 0.6 is 11.8 Å². The topological polar surface area (TPSA) is 58.2 Å². The highest BCUT2D eigenvalue weighted by atomic mass is 32.2. The molecule has 2 saturated heterocycles. The lowest BCUT2D eigenvalue weighted by molar-refractivity contribution is -0.129. The lowest BCUT2D eigenvalue weighted by atomic mass is 9.97. The second kappa shape index (κ2) is 6.28. The van der Waals surface area contributed by atoms with Gasteiger partial charge in [0.15, 0.2) is 0 Å². The van der Waals surface area contributed by atoms with Crippen molar-refractivity contribution in [2.45, 2.75) is 25.7 Å². The Morgan fingerprint density at radius 2 is 2.12 bits per heavy atom. The van der Waals surface area contributed by atoms with Gasteiger partial charge in [-0.1, -0.05) is 0 Å². The van der Waals surface area contributed by atoms with E-state index in [9.17, 15) is 9.59 Å². The fourth-order valence-electron chi connectivity index (χ4n) is 2.30. The van der Waals surface area contributed by atoms with E-state index in [1.54, 1.807) is 0 Å². The van der Waals surface area contributed by atoms with Gasteiger partial charge in [-0.15, -0.1) is 0 Å². The van der Waals surface area contributed by atoms with Gasteiger partial charge in [-0.3, -0.25) is 9.59 Å². The fraction of sp³-hybridized carbons (Fsp3) is 0.833. The molecule has 17 heavy (non-hydrogen) atoms. The number of rotatable bonds is 3. The molecular formula is C12H20N2O2S. The first-order valence-corrected chi connectivity index (χ1v) is 7.53. The fourth-order valence-corrected chi connectivity index (χ4v) is 3.50. The van der Waals surface area contributed by atoms with Crippen LogP contribution in [0.15, 0.2) is 0 Å². The summed E-state index contributed by atoms with van der Waals surface area (Å²) in [4.78, 5) is 22.9. The number of piperidine rings is 1. The van der Waals surface area contributed by atoms with Crippen molar-refractivity contribution >= 4 is 23.6 Å². The number of amides is 2. The lowest BCUT2D eigenvalue weighted by Crippen LogP contribution is -2.44. The molecule has 0 spiro atoms. The van der Waals surface area contributed by atoms with E-state index >= 15 is 0 Å². The Hall–Kier alpha value is -0.710. The van der Waals surface area contributed by atoms with E-state index in [0.29, 0.717) is 25.3 Å². The molecule has 4 nitrogen and oxygen atoms in total. The molecular weight excluding hydrogens is 236 g/mol. The Balaban J connectivity index is 1.67. The largest absolute Gasteiger partial charge is 0.356 e. The third-order valence-electron chi connectivity index (χ3n) is 3.54. The SMILES string of the molecule is O=C1CCC(C(=O)NCC2CCSCC2)CN1. The lowest BCUT2D eigenvalue weighted by Gasteiger charge is -2.25. The van der Waals surface area contributed by atoms with Crippen molar-refractivity contribution in [2.24, 2.45) is 11.8 Å². The Morgan fingerprint density at radius 3 is 2.76 bits per heavy atom. The van der Waals surface area contributed by atoms with Crippen LogP contribution in [-0.2, 0) is 9.59 Å². The van der Waals surface area contributed by atoms with Crippen LogP contribution in [0.3, 0.4) is 0 Å². The summed E-state index contributed by atoms with van der Waals surface area (Å²) >= 11 is 2.00. The third-order valence-corrected chi connectivity index (χ3v) is 4.59. The quantitative estimate of drug-likeness (QED) is 0.784. The van der Waals surface area contributed by atoms with Gasteiger partial charge in [-0.25, -0.2) is 0 Å². The molecule has 0 aromatic rings. The number of thioether (sulfide) groups is 1. The molecule has 2 aliphatic heterocycles. The summed E-state index contributed by atoms with van der Waals surface area (Å²) in [7, 11) is 0. The molecule has 0 aromatic heterocycles. The maximum absolute atomic E-state index is 11.9. The van der Waals surface area contributed by atoms with Gasteiger partial charge in [-0.2, -0.15) is 11.8 Å². The van der Waals surface area contributed by atoms with Gasteiger partial charge in [0.05, 0.1) is 5.92 Å². The van der Waals surface area contributed by atoms with Gasteiger partial charge in [0.1, 0.15) is 0 Å². The Kier molecular flexibility index (Phi) is 4.71. The maximum atomic E-state index is 11.9. The van der Waals surface area contributed by atoms with E-state index in [1.807, 2.05) is 11.8 Å². The second-order valence-corrected chi connectivity index (χ2v) is 6.07.